The summed E-state index contributed by atoms with van der Waals surface area (Å²) < 4.78 is 9.07. The van der Waals surface area contributed by atoms with Gasteiger partial charge in [-0.25, -0.2) is 0 Å². The average Bonchev–Trinajstić information content (AvgIpc) is 2.50. The second kappa shape index (κ2) is 5.05. The van der Waals surface area contributed by atoms with Crippen molar-refractivity contribution in [3.63, 3.8) is 0 Å². The third-order valence-electron chi connectivity index (χ3n) is 1.34. The van der Waals surface area contributed by atoms with Crippen molar-refractivity contribution in [3.05, 3.63) is 5.69 Å². The minimum absolute atomic E-state index is 0.551. The van der Waals surface area contributed by atoms with E-state index in [1.165, 1.54) is 11.5 Å². The van der Waals surface area contributed by atoms with E-state index < -0.39 is 0 Å². The molecule has 0 atom stereocenters. The minimum atomic E-state index is 0.551. The molecule has 1 aromatic heterocycles. The predicted molar refractivity (Wildman–Crippen MR) is 49.4 cm³/mol. The average molecular weight is 187 g/mol. The van der Waals surface area contributed by atoms with Gasteiger partial charge in [0, 0.05) is 24.7 Å². The van der Waals surface area contributed by atoms with Crippen LogP contribution in [0.2, 0.25) is 0 Å². The number of hydrogen-bond donors (Lipinski definition) is 1. The van der Waals surface area contributed by atoms with Crippen LogP contribution in [0.5, 0.6) is 0 Å². The van der Waals surface area contributed by atoms with Gasteiger partial charge in [0.1, 0.15) is 10.7 Å². The highest BCUT2D eigenvalue weighted by Crippen LogP contribution is 2.17. The smallest absolute Gasteiger partial charge is 0.135 e. The van der Waals surface area contributed by atoms with E-state index in [1.54, 1.807) is 0 Å². The Balaban J connectivity index is 2.51. The third kappa shape index (κ3) is 2.42. The summed E-state index contributed by atoms with van der Waals surface area (Å²) in [6.07, 6.45) is 0. The molecule has 0 aliphatic rings. The topological polar surface area (TPSA) is 47.0 Å². The quantitative estimate of drug-likeness (QED) is 0.759. The number of nitrogens with zero attached hydrogens (tertiary/aromatic N) is 2. The van der Waals surface area contributed by atoms with Gasteiger partial charge in [0.2, 0.25) is 0 Å². The molecule has 0 fully saturated rings. The van der Waals surface area contributed by atoms with Crippen LogP contribution in [-0.4, -0.2) is 22.7 Å². The largest absolute Gasteiger partial charge is 0.375 e. The molecule has 0 saturated carbocycles. The number of ether oxygens (including phenoxy) is 1. The van der Waals surface area contributed by atoms with Crippen molar-refractivity contribution in [1.29, 1.82) is 0 Å². The summed E-state index contributed by atoms with van der Waals surface area (Å²) in [5.41, 5.74) is 0.906. The Hall–Kier alpha value is -0.680. The standard InChI is InChI=1S/C7H13N3OS/c1-3-8-7-6(5-11-4-2)9-10-12-7/h8H,3-5H2,1-2H3. The van der Waals surface area contributed by atoms with Crippen molar-refractivity contribution in [2.45, 2.75) is 20.5 Å². The lowest BCUT2D eigenvalue weighted by Gasteiger charge is -2.01. The molecule has 0 aliphatic carbocycles. The van der Waals surface area contributed by atoms with Crippen LogP contribution < -0.4 is 5.32 Å². The van der Waals surface area contributed by atoms with E-state index in [0.29, 0.717) is 13.2 Å². The maximum atomic E-state index is 5.23. The van der Waals surface area contributed by atoms with Crippen LogP contribution >= 0.6 is 11.5 Å². The molecule has 12 heavy (non-hydrogen) atoms. The maximum absolute atomic E-state index is 5.23. The Kier molecular flexibility index (Phi) is 3.96. The zero-order valence-corrected chi connectivity index (χ0v) is 8.15. The second-order valence-electron chi connectivity index (χ2n) is 2.22. The van der Waals surface area contributed by atoms with Crippen molar-refractivity contribution >= 4 is 16.5 Å². The first-order chi connectivity index (χ1) is 5.88. The maximum Gasteiger partial charge on any atom is 0.135 e. The zero-order valence-electron chi connectivity index (χ0n) is 7.33. The number of nitrogens with one attached hydrogen (secondary N) is 1. The van der Waals surface area contributed by atoms with Crippen molar-refractivity contribution in [2.24, 2.45) is 0 Å². The fraction of sp³-hybridized carbons (Fsp3) is 0.714. The van der Waals surface area contributed by atoms with Gasteiger partial charge in [-0.2, -0.15) is 0 Å². The normalized spacial score (nSPS) is 10.2. The molecule has 0 saturated heterocycles. The fourth-order valence-electron chi connectivity index (χ4n) is 0.797. The Bertz CT molecular complexity index is 226. The van der Waals surface area contributed by atoms with Crippen LogP contribution in [0.15, 0.2) is 0 Å². The Morgan fingerprint density at radius 3 is 3.00 bits per heavy atom. The summed E-state index contributed by atoms with van der Waals surface area (Å²) >= 11 is 1.37. The van der Waals surface area contributed by atoms with Gasteiger partial charge in [-0.15, -0.1) is 5.10 Å². The van der Waals surface area contributed by atoms with Crippen LogP contribution in [0.25, 0.3) is 0 Å². The highest BCUT2D eigenvalue weighted by molar-refractivity contribution is 7.10. The van der Waals surface area contributed by atoms with E-state index >= 15 is 0 Å². The molecule has 1 aromatic rings. The summed E-state index contributed by atoms with van der Waals surface area (Å²) in [5, 5.41) is 8.15. The summed E-state index contributed by atoms with van der Waals surface area (Å²) in [5.74, 6) is 0. The molecule has 0 spiro atoms. The molecule has 1 rings (SSSR count). The van der Waals surface area contributed by atoms with Gasteiger partial charge in [-0.3, -0.25) is 0 Å². The van der Waals surface area contributed by atoms with E-state index in [-0.39, 0.29) is 0 Å². The first-order valence-corrected chi connectivity index (χ1v) is 4.78. The Morgan fingerprint density at radius 2 is 2.33 bits per heavy atom. The Labute approximate surface area is 76.1 Å². The molecule has 0 unspecified atom stereocenters. The van der Waals surface area contributed by atoms with Gasteiger partial charge in [0.05, 0.1) is 6.61 Å². The first kappa shape index (κ1) is 9.41. The summed E-state index contributed by atoms with van der Waals surface area (Å²) in [6, 6.07) is 0. The van der Waals surface area contributed by atoms with E-state index in [4.69, 9.17) is 4.74 Å². The van der Waals surface area contributed by atoms with Gasteiger partial charge < -0.3 is 10.1 Å². The van der Waals surface area contributed by atoms with Crippen LogP contribution in [0.3, 0.4) is 0 Å². The SMILES string of the molecule is CCNc1snnc1COCC. The van der Waals surface area contributed by atoms with Gasteiger partial charge >= 0.3 is 0 Å². The van der Waals surface area contributed by atoms with E-state index in [0.717, 1.165) is 17.2 Å². The highest BCUT2D eigenvalue weighted by atomic mass is 32.1. The lowest BCUT2D eigenvalue weighted by Crippen LogP contribution is -2.00. The number of anilines is 1. The van der Waals surface area contributed by atoms with Gasteiger partial charge in [-0.05, 0) is 13.8 Å². The molecule has 1 heterocycles. The van der Waals surface area contributed by atoms with Crippen molar-refractivity contribution in [3.8, 4) is 0 Å². The third-order valence-corrected chi connectivity index (χ3v) is 2.06. The van der Waals surface area contributed by atoms with Crippen molar-refractivity contribution in [2.75, 3.05) is 18.5 Å². The molecular weight excluding hydrogens is 174 g/mol. The number of rotatable bonds is 5. The molecule has 1 N–H and O–H groups in total. The summed E-state index contributed by atoms with van der Waals surface area (Å²) in [4.78, 5) is 0. The molecule has 0 amide bonds. The van der Waals surface area contributed by atoms with E-state index in [9.17, 15) is 0 Å². The lowest BCUT2D eigenvalue weighted by molar-refractivity contribution is 0.131. The highest BCUT2D eigenvalue weighted by Gasteiger charge is 2.05. The van der Waals surface area contributed by atoms with Crippen molar-refractivity contribution < 1.29 is 4.74 Å². The number of aromatic nitrogens is 2. The van der Waals surface area contributed by atoms with Gasteiger partial charge in [0.15, 0.2) is 0 Å². The van der Waals surface area contributed by atoms with Crippen molar-refractivity contribution in [1.82, 2.24) is 9.59 Å². The minimum Gasteiger partial charge on any atom is -0.375 e. The molecule has 0 bridgehead atoms. The second-order valence-corrected chi connectivity index (χ2v) is 2.97. The zero-order chi connectivity index (χ0) is 8.81. The predicted octanol–water partition coefficient (Wildman–Crippen LogP) is 1.51. The van der Waals surface area contributed by atoms with Gasteiger partial charge in [-0.1, -0.05) is 4.49 Å². The molecule has 4 nitrogen and oxygen atoms in total. The van der Waals surface area contributed by atoms with E-state index in [1.807, 2.05) is 13.8 Å². The molecular formula is C7H13N3OS. The first-order valence-electron chi connectivity index (χ1n) is 4.01. The lowest BCUT2D eigenvalue weighted by atomic mass is 10.5. The molecule has 0 radical (unpaired) electrons. The van der Waals surface area contributed by atoms with Crippen LogP contribution in [-0.2, 0) is 11.3 Å². The van der Waals surface area contributed by atoms with Gasteiger partial charge in [0.25, 0.3) is 0 Å². The fourth-order valence-corrected chi connectivity index (χ4v) is 1.43. The molecule has 5 heteroatoms. The Morgan fingerprint density at radius 1 is 1.50 bits per heavy atom. The monoisotopic (exact) mass is 187 g/mol. The molecule has 0 aromatic carbocycles. The van der Waals surface area contributed by atoms with Crippen LogP contribution in [0, 0.1) is 0 Å². The van der Waals surface area contributed by atoms with Crippen LogP contribution in [0.4, 0.5) is 5.00 Å². The van der Waals surface area contributed by atoms with E-state index in [2.05, 4.69) is 14.9 Å². The molecule has 0 aliphatic heterocycles. The van der Waals surface area contributed by atoms with Crippen LogP contribution in [0.1, 0.15) is 19.5 Å². The molecule has 68 valence electrons. The number of hydrogen-bond acceptors (Lipinski definition) is 5. The summed E-state index contributed by atoms with van der Waals surface area (Å²) in [7, 11) is 0. The summed E-state index contributed by atoms with van der Waals surface area (Å²) in [6.45, 7) is 6.17.